The summed E-state index contributed by atoms with van der Waals surface area (Å²) in [5, 5.41) is 19.1. The fourth-order valence-corrected chi connectivity index (χ4v) is 4.45. The van der Waals surface area contributed by atoms with Crippen molar-refractivity contribution >= 4 is 39.0 Å². The highest BCUT2D eigenvalue weighted by Gasteiger charge is 2.30. The van der Waals surface area contributed by atoms with Crippen LogP contribution in [0.25, 0.3) is 0 Å². The van der Waals surface area contributed by atoms with E-state index in [4.69, 9.17) is 21.1 Å². The molecule has 0 saturated carbocycles. The van der Waals surface area contributed by atoms with Crippen molar-refractivity contribution in [2.75, 3.05) is 38.7 Å². The third-order valence-electron chi connectivity index (χ3n) is 4.01. The van der Waals surface area contributed by atoms with Crippen LogP contribution in [-0.2, 0) is 14.8 Å². The summed E-state index contributed by atoms with van der Waals surface area (Å²) in [7, 11) is -2.51. The SMILES string of the molecule is COc1c(Nc2cc(Cl)nnc2C(=O)O)cccc1S(=O)(=O)N1CCOCC1. The van der Waals surface area contributed by atoms with Gasteiger partial charge >= 0.3 is 5.97 Å². The molecule has 2 aromatic rings. The Labute approximate surface area is 166 Å². The molecule has 3 rings (SSSR count). The molecule has 2 heterocycles. The number of methoxy groups -OCH3 is 1. The summed E-state index contributed by atoms with van der Waals surface area (Å²) in [5.41, 5.74) is -0.0805. The molecule has 10 nitrogen and oxygen atoms in total. The predicted octanol–water partition coefficient (Wildman–Crippen LogP) is 1.60. The summed E-state index contributed by atoms with van der Waals surface area (Å²) in [5.74, 6) is -1.28. The van der Waals surface area contributed by atoms with Crippen molar-refractivity contribution in [1.82, 2.24) is 14.5 Å². The van der Waals surface area contributed by atoms with E-state index in [1.165, 1.54) is 29.6 Å². The highest BCUT2D eigenvalue weighted by molar-refractivity contribution is 7.89. The smallest absolute Gasteiger partial charge is 0.358 e. The molecule has 1 aliphatic heterocycles. The molecule has 0 radical (unpaired) electrons. The summed E-state index contributed by atoms with van der Waals surface area (Å²) in [6, 6.07) is 5.78. The highest BCUT2D eigenvalue weighted by atomic mass is 35.5. The molecule has 1 aromatic heterocycles. The molecule has 1 aromatic carbocycles. The number of aromatic nitrogens is 2. The molecule has 0 atom stereocenters. The van der Waals surface area contributed by atoms with Gasteiger partial charge in [-0.1, -0.05) is 17.7 Å². The summed E-state index contributed by atoms with van der Waals surface area (Å²) < 4.78 is 37.9. The number of carboxylic acid groups (broad SMARTS) is 1. The van der Waals surface area contributed by atoms with Gasteiger partial charge < -0.3 is 19.9 Å². The number of anilines is 2. The standard InChI is InChI=1S/C16H17ClN4O6S/c1-26-15-10(18-11-9-13(17)19-20-14(11)16(22)23)3-2-4-12(15)28(24,25)21-5-7-27-8-6-21/h2-4,9H,5-8H2,1H3,(H,18,19)(H,22,23). The maximum absolute atomic E-state index is 13.0. The monoisotopic (exact) mass is 428 g/mol. The number of nitrogens with zero attached hydrogens (tertiary/aromatic N) is 3. The molecular weight excluding hydrogens is 412 g/mol. The average Bonchev–Trinajstić information content (AvgIpc) is 2.68. The van der Waals surface area contributed by atoms with Gasteiger partial charge in [-0.15, -0.1) is 10.2 Å². The Morgan fingerprint density at radius 1 is 1.29 bits per heavy atom. The zero-order chi connectivity index (χ0) is 20.3. The molecule has 1 aliphatic rings. The van der Waals surface area contributed by atoms with Crippen LogP contribution in [0.3, 0.4) is 0 Å². The van der Waals surface area contributed by atoms with E-state index in [9.17, 15) is 18.3 Å². The molecule has 150 valence electrons. The quantitative estimate of drug-likeness (QED) is 0.704. The van der Waals surface area contributed by atoms with Crippen LogP contribution in [-0.4, -0.2) is 67.4 Å². The van der Waals surface area contributed by atoms with E-state index in [1.807, 2.05) is 0 Å². The number of benzene rings is 1. The largest absolute Gasteiger partial charge is 0.493 e. The molecule has 2 N–H and O–H groups in total. The first-order valence-electron chi connectivity index (χ1n) is 8.13. The molecule has 0 unspecified atom stereocenters. The van der Waals surface area contributed by atoms with Gasteiger partial charge in [-0.2, -0.15) is 4.31 Å². The minimum atomic E-state index is -3.84. The molecule has 0 aliphatic carbocycles. The summed E-state index contributed by atoms with van der Waals surface area (Å²) >= 11 is 5.81. The van der Waals surface area contributed by atoms with Crippen LogP contribution in [0.2, 0.25) is 5.15 Å². The minimum Gasteiger partial charge on any atom is -0.493 e. The fourth-order valence-electron chi connectivity index (χ4n) is 2.72. The van der Waals surface area contributed by atoms with Gasteiger partial charge in [-0.25, -0.2) is 13.2 Å². The number of carbonyl (C=O) groups is 1. The number of hydrogen-bond acceptors (Lipinski definition) is 8. The van der Waals surface area contributed by atoms with E-state index < -0.39 is 16.0 Å². The van der Waals surface area contributed by atoms with Crippen molar-refractivity contribution in [3.8, 4) is 5.75 Å². The van der Waals surface area contributed by atoms with Crippen LogP contribution < -0.4 is 10.1 Å². The number of para-hydroxylation sites is 1. The number of rotatable bonds is 6. The van der Waals surface area contributed by atoms with Crippen LogP contribution in [0.15, 0.2) is 29.2 Å². The van der Waals surface area contributed by atoms with E-state index >= 15 is 0 Å². The van der Waals surface area contributed by atoms with Gasteiger partial charge in [-0.05, 0) is 12.1 Å². The van der Waals surface area contributed by atoms with Gasteiger partial charge in [0.2, 0.25) is 10.0 Å². The normalized spacial score (nSPS) is 15.2. The summed E-state index contributed by atoms with van der Waals surface area (Å²) in [6.45, 7) is 1.08. The molecule has 0 bridgehead atoms. The summed E-state index contributed by atoms with van der Waals surface area (Å²) in [6.07, 6.45) is 0. The van der Waals surface area contributed by atoms with E-state index in [1.54, 1.807) is 6.07 Å². The van der Waals surface area contributed by atoms with E-state index in [2.05, 4.69) is 15.5 Å². The number of ether oxygens (including phenoxy) is 2. The van der Waals surface area contributed by atoms with E-state index in [0.717, 1.165) is 0 Å². The first-order chi connectivity index (χ1) is 13.3. The summed E-state index contributed by atoms with van der Waals surface area (Å²) in [4.78, 5) is 11.3. The van der Waals surface area contributed by atoms with Crippen LogP contribution >= 0.6 is 11.6 Å². The Bertz CT molecular complexity index is 995. The molecule has 0 spiro atoms. The van der Waals surface area contributed by atoms with Crippen LogP contribution in [0, 0.1) is 0 Å². The lowest BCUT2D eigenvalue weighted by atomic mass is 10.2. The van der Waals surface area contributed by atoms with Crippen molar-refractivity contribution in [3.05, 3.63) is 35.1 Å². The highest BCUT2D eigenvalue weighted by Crippen LogP contribution is 2.36. The lowest BCUT2D eigenvalue weighted by molar-refractivity contribution is 0.0690. The average molecular weight is 429 g/mol. The first-order valence-corrected chi connectivity index (χ1v) is 9.95. The number of carboxylic acids is 1. The Morgan fingerprint density at radius 3 is 2.64 bits per heavy atom. The van der Waals surface area contributed by atoms with Gasteiger partial charge in [0.25, 0.3) is 0 Å². The molecule has 12 heteroatoms. The number of sulfonamides is 1. The third-order valence-corrected chi connectivity index (χ3v) is 6.11. The Hall–Kier alpha value is -2.47. The van der Waals surface area contributed by atoms with Crippen molar-refractivity contribution in [1.29, 1.82) is 0 Å². The van der Waals surface area contributed by atoms with E-state index in [0.29, 0.717) is 13.2 Å². The van der Waals surface area contributed by atoms with Gasteiger partial charge in [0.1, 0.15) is 4.90 Å². The number of aromatic carboxylic acids is 1. The van der Waals surface area contributed by atoms with Crippen molar-refractivity contribution in [2.24, 2.45) is 0 Å². The van der Waals surface area contributed by atoms with Gasteiger partial charge in [0.05, 0.1) is 31.7 Å². The third kappa shape index (κ3) is 4.02. The second kappa shape index (κ2) is 8.27. The molecule has 1 fully saturated rings. The van der Waals surface area contributed by atoms with Crippen molar-refractivity contribution in [2.45, 2.75) is 4.90 Å². The minimum absolute atomic E-state index is 0.0245. The maximum atomic E-state index is 13.0. The van der Waals surface area contributed by atoms with Gasteiger partial charge in [0.15, 0.2) is 16.6 Å². The topological polar surface area (TPSA) is 131 Å². The second-order valence-electron chi connectivity index (χ2n) is 5.71. The zero-order valence-electron chi connectivity index (χ0n) is 14.8. The number of morpholine rings is 1. The van der Waals surface area contributed by atoms with Crippen LogP contribution in [0.4, 0.5) is 11.4 Å². The fraction of sp³-hybridized carbons (Fsp3) is 0.312. The Kier molecular flexibility index (Phi) is 5.98. The Balaban J connectivity index is 2.04. The van der Waals surface area contributed by atoms with E-state index in [-0.39, 0.29) is 46.0 Å². The Morgan fingerprint density at radius 2 is 2.00 bits per heavy atom. The number of hydrogen-bond donors (Lipinski definition) is 2. The lowest BCUT2D eigenvalue weighted by Crippen LogP contribution is -2.40. The van der Waals surface area contributed by atoms with Crippen LogP contribution in [0.5, 0.6) is 5.75 Å². The molecule has 0 amide bonds. The van der Waals surface area contributed by atoms with Crippen molar-refractivity contribution in [3.63, 3.8) is 0 Å². The zero-order valence-corrected chi connectivity index (χ0v) is 16.3. The molecular formula is C16H17ClN4O6S. The van der Waals surface area contributed by atoms with Gasteiger partial charge in [-0.3, -0.25) is 0 Å². The van der Waals surface area contributed by atoms with Crippen molar-refractivity contribution < 1.29 is 27.8 Å². The van der Waals surface area contributed by atoms with Gasteiger partial charge in [0, 0.05) is 19.2 Å². The molecule has 28 heavy (non-hydrogen) atoms. The lowest BCUT2D eigenvalue weighted by Gasteiger charge is -2.27. The predicted molar refractivity (Wildman–Crippen MR) is 99.9 cm³/mol. The number of halogens is 1. The number of nitrogens with one attached hydrogen (secondary N) is 1. The second-order valence-corrected chi connectivity index (χ2v) is 8.01. The molecule has 1 saturated heterocycles. The van der Waals surface area contributed by atoms with Crippen LogP contribution in [0.1, 0.15) is 10.5 Å². The first kappa shape index (κ1) is 20.3. The maximum Gasteiger partial charge on any atom is 0.358 e.